The highest BCUT2D eigenvalue weighted by Crippen LogP contribution is 2.22. The van der Waals surface area contributed by atoms with Gasteiger partial charge < -0.3 is 10.6 Å². The second-order valence-corrected chi connectivity index (χ2v) is 6.79. The van der Waals surface area contributed by atoms with E-state index in [1.54, 1.807) is 0 Å². The molecule has 0 spiro atoms. The summed E-state index contributed by atoms with van der Waals surface area (Å²) in [6, 6.07) is 0.00171. The highest BCUT2D eigenvalue weighted by Gasteiger charge is 2.23. The molecule has 3 heteroatoms. The largest absolute Gasteiger partial charge is 0.343 e. The zero-order valence-electron chi connectivity index (χ0n) is 11.8. The minimum absolute atomic E-state index is 0.00171. The second kappa shape index (κ2) is 5.85. The Morgan fingerprint density at radius 3 is 2.35 bits per heavy atom. The molecule has 2 N–H and O–H groups in total. The van der Waals surface area contributed by atoms with Gasteiger partial charge in [0, 0.05) is 25.6 Å². The molecule has 0 radical (unpaired) electrons. The fourth-order valence-corrected chi connectivity index (χ4v) is 2.47. The van der Waals surface area contributed by atoms with Gasteiger partial charge in [-0.3, -0.25) is 4.79 Å². The smallest absolute Gasteiger partial charge is 0.224 e. The monoisotopic (exact) mass is 240 g/mol. The van der Waals surface area contributed by atoms with Crippen LogP contribution in [0.4, 0.5) is 0 Å². The molecule has 0 aromatic heterocycles. The van der Waals surface area contributed by atoms with Gasteiger partial charge in [0.15, 0.2) is 0 Å². The predicted octanol–water partition coefficient (Wildman–Crippen LogP) is 2.40. The van der Waals surface area contributed by atoms with Crippen LogP contribution in [0.15, 0.2) is 0 Å². The van der Waals surface area contributed by atoms with Crippen LogP contribution in [-0.2, 0) is 4.79 Å². The van der Waals surface area contributed by atoms with Gasteiger partial charge in [-0.1, -0.05) is 27.7 Å². The van der Waals surface area contributed by atoms with Crippen molar-refractivity contribution in [2.75, 3.05) is 13.1 Å². The maximum Gasteiger partial charge on any atom is 0.224 e. The molecule has 3 nitrogen and oxygen atoms in total. The molecule has 0 aliphatic carbocycles. The molecule has 0 aromatic rings. The molecule has 1 aliphatic heterocycles. The number of likely N-dealkylation sites (tertiary alicyclic amines) is 1. The van der Waals surface area contributed by atoms with Crippen molar-refractivity contribution < 1.29 is 4.79 Å². The van der Waals surface area contributed by atoms with Gasteiger partial charge in [-0.05, 0) is 30.6 Å². The lowest BCUT2D eigenvalue weighted by Crippen LogP contribution is -2.41. The lowest BCUT2D eigenvalue weighted by molar-refractivity contribution is -0.133. The summed E-state index contributed by atoms with van der Waals surface area (Å²) >= 11 is 0. The van der Waals surface area contributed by atoms with Crippen LogP contribution in [0.5, 0.6) is 0 Å². The number of carbonyl (C=O) groups excluding carboxylic acids is 1. The van der Waals surface area contributed by atoms with Crippen LogP contribution in [0.25, 0.3) is 0 Å². The van der Waals surface area contributed by atoms with E-state index in [2.05, 4.69) is 27.7 Å². The number of rotatable bonds is 3. The highest BCUT2D eigenvalue weighted by molar-refractivity contribution is 5.76. The third kappa shape index (κ3) is 5.53. The average molecular weight is 240 g/mol. The summed E-state index contributed by atoms with van der Waals surface area (Å²) in [5.74, 6) is 1.01. The molecule has 0 saturated carbocycles. The van der Waals surface area contributed by atoms with Crippen LogP contribution in [0.2, 0.25) is 0 Å². The molecule has 0 bridgehead atoms. The number of amides is 1. The van der Waals surface area contributed by atoms with E-state index in [1.807, 2.05) is 4.90 Å². The summed E-state index contributed by atoms with van der Waals surface area (Å²) in [6.45, 7) is 10.6. The van der Waals surface area contributed by atoms with Crippen LogP contribution in [0.1, 0.15) is 53.4 Å². The average Bonchev–Trinajstić information content (AvgIpc) is 2.15. The zero-order valence-corrected chi connectivity index (χ0v) is 11.8. The summed E-state index contributed by atoms with van der Waals surface area (Å²) < 4.78 is 0. The van der Waals surface area contributed by atoms with Crippen molar-refractivity contribution in [3.05, 3.63) is 0 Å². The van der Waals surface area contributed by atoms with Crippen molar-refractivity contribution in [2.45, 2.75) is 59.4 Å². The molecular weight excluding hydrogens is 212 g/mol. The SMILES string of the molecule is CC1CCN(C(=O)CC(N)CC(C)(C)C)CC1. The topological polar surface area (TPSA) is 46.3 Å². The first-order chi connectivity index (χ1) is 7.78. The Balaban J connectivity index is 2.33. The Labute approximate surface area is 106 Å². The number of hydrogen-bond donors (Lipinski definition) is 1. The first-order valence-electron chi connectivity index (χ1n) is 6.81. The van der Waals surface area contributed by atoms with Gasteiger partial charge >= 0.3 is 0 Å². The molecule has 1 atom stereocenters. The molecule has 100 valence electrons. The first kappa shape index (κ1) is 14.5. The molecule has 1 aliphatic rings. The predicted molar refractivity (Wildman–Crippen MR) is 71.6 cm³/mol. The summed E-state index contributed by atoms with van der Waals surface area (Å²) in [4.78, 5) is 14.0. The Bertz CT molecular complexity index is 249. The molecule has 0 aromatic carbocycles. The molecule has 1 heterocycles. The third-order valence-electron chi connectivity index (χ3n) is 3.45. The van der Waals surface area contributed by atoms with E-state index >= 15 is 0 Å². The number of nitrogens with two attached hydrogens (primary N) is 1. The lowest BCUT2D eigenvalue weighted by Gasteiger charge is -2.31. The van der Waals surface area contributed by atoms with E-state index in [0.717, 1.165) is 38.3 Å². The van der Waals surface area contributed by atoms with Gasteiger partial charge in [-0.25, -0.2) is 0 Å². The quantitative estimate of drug-likeness (QED) is 0.823. The molecule has 17 heavy (non-hydrogen) atoms. The minimum Gasteiger partial charge on any atom is -0.343 e. The molecule has 1 rings (SSSR count). The van der Waals surface area contributed by atoms with E-state index < -0.39 is 0 Å². The van der Waals surface area contributed by atoms with Crippen LogP contribution in [0.3, 0.4) is 0 Å². The van der Waals surface area contributed by atoms with Crippen molar-refractivity contribution in [3.63, 3.8) is 0 Å². The molecule has 1 amide bonds. The highest BCUT2D eigenvalue weighted by atomic mass is 16.2. The van der Waals surface area contributed by atoms with Crippen LogP contribution >= 0.6 is 0 Å². The fourth-order valence-electron chi connectivity index (χ4n) is 2.47. The Morgan fingerprint density at radius 1 is 1.35 bits per heavy atom. The number of hydrogen-bond acceptors (Lipinski definition) is 2. The van der Waals surface area contributed by atoms with E-state index in [-0.39, 0.29) is 17.4 Å². The van der Waals surface area contributed by atoms with E-state index in [4.69, 9.17) is 5.73 Å². The Kier molecular flexibility index (Phi) is 4.99. The summed E-state index contributed by atoms with van der Waals surface area (Å²) in [6.07, 6.45) is 3.69. The maximum absolute atomic E-state index is 12.0. The van der Waals surface area contributed by atoms with Crippen LogP contribution < -0.4 is 5.73 Å². The Hall–Kier alpha value is -0.570. The second-order valence-electron chi connectivity index (χ2n) is 6.79. The van der Waals surface area contributed by atoms with Crippen molar-refractivity contribution in [1.29, 1.82) is 0 Å². The van der Waals surface area contributed by atoms with Gasteiger partial charge in [0.1, 0.15) is 0 Å². The minimum atomic E-state index is 0.00171. The zero-order chi connectivity index (χ0) is 13.1. The van der Waals surface area contributed by atoms with Gasteiger partial charge in [0.25, 0.3) is 0 Å². The number of carbonyl (C=O) groups is 1. The lowest BCUT2D eigenvalue weighted by atomic mass is 9.87. The molecule has 1 fully saturated rings. The van der Waals surface area contributed by atoms with Crippen LogP contribution in [-0.4, -0.2) is 29.9 Å². The normalized spacial score (nSPS) is 20.4. The van der Waals surface area contributed by atoms with Crippen LogP contribution in [0, 0.1) is 11.3 Å². The van der Waals surface area contributed by atoms with Crippen molar-refractivity contribution in [1.82, 2.24) is 4.90 Å². The maximum atomic E-state index is 12.0. The van der Waals surface area contributed by atoms with Crippen molar-refractivity contribution in [2.24, 2.45) is 17.1 Å². The molecular formula is C14H28N2O. The third-order valence-corrected chi connectivity index (χ3v) is 3.45. The van der Waals surface area contributed by atoms with Gasteiger partial charge in [0.2, 0.25) is 5.91 Å². The van der Waals surface area contributed by atoms with E-state index in [1.165, 1.54) is 0 Å². The van der Waals surface area contributed by atoms with Gasteiger partial charge in [-0.2, -0.15) is 0 Å². The molecule has 1 unspecified atom stereocenters. The summed E-state index contributed by atoms with van der Waals surface area (Å²) in [5.41, 5.74) is 6.25. The van der Waals surface area contributed by atoms with E-state index in [9.17, 15) is 4.79 Å². The number of piperidine rings is 1. The van der Waals surface area contributed by atoms with Gasteiger partial charge in [-0.15, -0.1) is 0 Å². The first-order valence-corrected chi connectivity index (χ1v) is 6.81. The van der Waals surface area contributed by atoms with Gasteiger partial charge in [0.05, 0.1) is 0 Å². The summed E-state index contributed by atoms with van der Waals surface area (Å²) in [7, 11) is 0. The van der Waals surface area contributed by atoms with E-state index in [0.29, 0.717) is 6.42 Å². The fraction of sp³-hybridized carbons (Fsp3) is 0.929. The standard InChI is InChI=1S/C14H28N2O/c1-11-5-7-16(8-6-11)13(17)9-12(15)10-14(2,3)4/h11-12H,5-10,15H2,1-4H3. The van der Waals surface area contributed by atoms with Crippen molar-refractivity contribution >= 4 is 5.91 Å². The Morgan fingerprint density at radius 2 is 1.88 bits per heavy atom. The number of nitrogens with zero attached hydrogens (tertiary/aromatic N) is 1. The molecule has 1 saturated heterocycles. The van der Waals surface area contributed by atoms with Crippen molar-refractivity contribution in [3.8, 4) is 0 Å². The summed E-state index contributed by atoms with van der Waals surface area (Å²) in [5, 5.41) is 0.